The van der Waals surface area contributed by atoms with Crippen LogP contribution in [0.4, 0.5) is 15.9 Å². The minimum atomic E-state index is -3.69. The highest BCUT2D eigenvalue weighted by molar-refractivity contribution is 7.86. The Bertz CT molecular complexity index is 1380. The first-order valence-corrected chi connectivity index (χ1v) is 13.2. The summed E-state index contributed by atoms with van der Waals surface area (Å²) in [4.78, 5) is 22.3. The van der Waals surface area contributed by atoms with Crippen LogP contribution in [-0.4, -0.2) is 68.4 Å². The lowest BCUT2D eigenvalue weighted by atomic mass is 10.1. The molecule has 0 aliphatic carbocycles. The topological polar surface area (TPSA) is 120 Å². The molecule has 0 saturated carbocycles. The molecule has 0 radical (unpaired) electrons. The first kappa shape index (κ1) is 25.9. The van der Waals surface area contributed by atoms with Gasteiger partial charge in [0, 0.05) is 37.4 Å². The van der Waals surface area contributed by atoms with E-state index in [-0.39, 0.29) is 16.8 Å². The van der Waals surface area contributed by atoms with E-state index in [1.807, 2.05) is 0 Å². The van der Waals surface area contributed by atoms with E-state index >= 15 is 0 Å². The standard InChI is InChI=1S/C23H24ClFN4O6S/c1-33-19-11-18-15(23(27-13-26-18)28-17-5-3-4-16(24)22(17)25)10-20(19)35-14-6-8-29(9-7-14)21(30)12-34-36(2,31)32/h3-5,10-11,13-14H,6-9,12H2,1-2H3,(H,26,27,28). The van der Waals surface area contributed by atoms with Gasteiger partial charge in [0.1, 0.15) is 24.9 Å². The number of carbonyl (C=O) groups excluding carboxylic acids is 1. The summed E-state index contributed by atoms with van der Waals surface area (Å²) < 4.78 is 53.0. The zero-order valence-corrected chi connectivity index (χ0v) is 21.1. The highest BCUT2D eigenvalue weighted by Crippen LogP contribution is 2.36. The summed E-state index contributed by atoms with van der Waals surface area (Å²) in [6.07, 6.45) is 3.08. The Morgan fingerprint density at radius 2 is 1.97 bits per heavy atom. The second-order valence-corrected chi connectivity index (χ2v) is 10.2. The van der Waals surface area contributed by atoms with Gasteiger partial charge in [0.25, 0.3) is 10.1 Å². The van der Waals surface area contributed by atoms with E-state index in [0.29, 0.717) is 54.2 Å². The Kier molecular flexibility index (Phi) is 7.76. The number of amides is 1. The van der Waals surface area contributed by atoms with Crippen LogP contribution in [0.3, 0.4) is 0 Å². The van der Waals surface area contributed by atoms with E-state index in [0.717, 1.165) is 6.26 Å². The Labute approximate surface area is 212 Å². The van der Waals surface area contributed by atoms with Gasteiger partial charge in [-0.15, -0.1) is 0 Å². The molecule has 10 nitrogen and oxygen atoms in total. The second-order valence-electron chi connectivity index (χ2n) is 8.13. The number of piperidine rings is 1. The minimum Gasteiger partial charge on any atom is -0.493 e. The van der Waals surface area contributed by atoms with Gasteiger partial charge in [-0.2, -0.15) is 8.42 Å². The van der Waals surface area contributed by atoms with Gasteiger partial charge < -0.3 is 19.7 Å². The van der Waals surface area contributed by atoms with Crippen LogP contribution in [0.5, 0.6) is 11.5 Å². The van der Waals surface area contributed by atoms with Crippen molar-refractivity contribution in [1.29, 1.82) is 0 Å². The molecule has 0 spiro atoms. The molecule has 1 aliphatic rings. The third kappa shape index (κ3) is 6.12. The van der Waals surface area contributed by atoms with Crippen molar-refractivity contribution in [1.82, 2.24) is 14.9 Å². The summed E-state index contributed by atoms with van der Waals surface area (Å²) in [6.45, 7) is 0.249. The van der Waals surface area contributed by atoms with E-state index < -0.39 is 28.4 Å². The van der Waals surface area contributed by atoms with Crippen molar-refractivity contribution < 1.29 is 31.3 Å². The van der Waals surface area contributed by atoms with E-state index in [4.69, 9.17) is 21.1 Å². The summed E-state index contributed by atoms with van der Waals surface area (Å²) in [5, 5.41) is 3.52. The predicted molar refractivity (Wildman–Crippen MR) is 132 cm³/mol. The Balaban J connectivity index is 1.51. The Hall–Kier alpha value is -3.22. The average Bonchev–Trinajstić information content (AvgIpc) is 2.85. The molecule has 1 aromatic heterocycles. The van der Waals surface area contributed by atoms with Crippen molar-refractivity contribution in [3.8, 4) is 11.5 Å². The maximum Gasteiger partial charge on any atom is 0.264 e. The predicted octanol–water partition coefficient (Wildman–Crippen LogP) is 3.52. The first-order chi connectivity index (χ1) is 17.1. The van der Waals surface area contributed by atoms with Gasteiger partial charge in [-0.25, -0.2) is 14.4 Å². The monoisotopic (exact) mass is 538 g/mol. The number of carbonyl (C=O) groups is 1. The summed E-state index contributed by atoms with van der Waals surface area (Å²) in [7, 11) is -2.18. The second kappa shape index (κ2) is 10.8. The lowest BCUT2D eigenvalue weighted by Gasteiger charge is -2.32. The molecule has 4 rings (SSSR count). The third-order valence-corrected chi connectivity index (χ3v) is 6.45. The molecule has 1 fully saturated rings. The molecular weight excluding hydrogens is 515 g/mol. The Morgan fingerprint density at radius 1 is 1.22 bits per heavy atom. The van der Waals surface area contributed by atoms with Crippen LogP contribution in [0.15, 0.2) is 36.7 Å². The van der Waals surface area contributed by atoms with E-state index in [9.17, 15) is 17.6 Å². The largest absolute Gasteiger partial charge is 0.493 e. The number of hydrogen-bond donors (Lipinski definition) is 1. The van der Waals surface area contributed by atoms with Crippen molar-refractivity contribution in [2.45, 2.75) is 18.9 Å². The highest BCUT2D eigenvalue weighted by Gasteiger charge is 2.26. The fraction of sp³-hybridized carbons (Fsp3) is 0.348. The number of hydrogen-bond acceptors (Lipinski definition) is 9. The fourth-order valence-electron chi connectivity index (χ4n) is 3.79. The van der Waals surface area contributed by atoms with Crippen LogP contribution >= 0.6 is 11.6 Å². The summed E-state index contributed by atoms with van der Waals surface area (Å²) >= 11 is 5.90. The van der Waals surface area contributed by atoms with Gasteiger partial charge in [-0.3, -0.25) is 8.98 Å². The van der Waals surface area contributed by atoms with Gasteiger partial charge >= 0.3 is 0 Å². The number of halogens is 2. The van der Waals surface area contributed by atoms with E-state index in [1.165, 1.54) is 24.4 Å². The number of nitrogens with zero attached hydrogens (tertiary/aromatic N) is 3. The van der Waals surface area contributed by atoms with Crippen LogP contribution in [0, 0.1) is 5.82 Å². The number of benzene rings is 2. The summed E-state index contributed by atoms with van der Waals surface area (Å²) in [6, 6.07) is 8.04. The quantitative estimate of drug-likeness (QED) is 0.429. The number of ether oxygens (including phenoxy) is 2. The average molecular weight is 539 g/mol. The Morgan fingerprint density at radius 3 is 2.67 bits per heavy atom. The van der Waals surface area contributed by atoms with Gasteiger partial charge in [0.2, 0.25) is 5.91 Å². The number of methoxy groups -OCH3 is 1. The summed E-state index contributed by atoms with van der Waals surface area (Å²) in [5.41, 5.74) is 0.725. The molecule has 1 amide bonds. The van der Waals surface area contributed by atoms with Crippen LogP contribution in [0.25, 0.3) is 10.9 Å². The lowest BCUT2D eigenvalue weighted by Crippen LogP contribution is -2.43. The number of likely N-dealkylation sites (tertiary alicyclic amines) is 1. The lowest BCUT2D eigenvalue weighted by molar-refractivity contribution is -0.135. The number of aromatic nitrogens is 2. The van der Waals surface area contributed by atoms with Crippen LogP contribution < -0.4 is 14.8 Å². The van der Waals surface area contributed by atoms with Gasteiger partial charge in [0.15, 0.2) is 17.3 Å². The highest BCUT2D eigenvalue weighted by atomic mass is 35.5. The van der Waals surface area contributed by atoms with E-state index in [1.54, 1.807) is 24.3 Å². The summed E-state index contributed by atoms with van der Waals surface area (Å²) in [5.74, 6) is 0.267. The van der Waals surface area contributed by atoms with Crippen LogP contribution in [-0.2, 0) is 19.1 Å². The molecule has 13 heteroatoms. The number of anilines is 2. The zero-order valence-electron chi connectivity index (χ0n) is 19.5. The zero-order chi connectivity index (χ0) is 25.9. The van der Waals surface area contributed by atoms with Crippen LogP contribution in [0.1, 0.15) is 12.8 Å². The van der Waals surface area contributed by atoms with E-state index in [2.05, 4.69) is 19.5 Å². The van der Waals surface area contributed by atoms with Gasteiger partial charge in [-0.05, 0) is 18.2 Å². The molecular formula is C23H24ClFN4O6S. The molecule has 2 aromatic carbocycles. The number of fused-ring (bicyclic) bond motifs is 1. The molecule has 1 N–H and O–H groups in total. The van der Waals surface area contributed by atoms with Crippen molar-refractivity contribution in [2.24, 2.45) is 0 Å². The molecule has 3 aromatic rings. The van der Waals surface area contributed by atoms with Crippen molar-refractivity contribution in [3.05, 3.63) is 47.5 Å². The molecule has 1 saturated heterocycles. The van der Waals surface area contributed by atoms with Gasteiger partial charge in [0.05, 0.1) is 29.6 Å². The normalized spacial score (nSPS) is 14.6. The number of rotatable bonds is 8. The van der Waals surface area contributed by atoms with Gasteiger partial charge in [-0.1, -0.05) is 17.7 Å². The van der Waals surface area contributed by atoms with Crippen LogP contribution in [0.2, 0.25) is 5.02 Å². The smallest absolute Gasteiger partial charge is 0.264 e. The molecule has 0 atom stereocenters. The van der Waals surface area contributed by atoms with Crippen molar-refractivity contribution in [3.63, 3.8) is 0 Å². The first-order valence-electron chi connectivity index (χ1n) is 11.0. The van der Waals surface area contributed by atoms with Crippen molar-refractivity contribution in [2.75, 3.05) is 38.4 Å². The minimum absolute atomic E-state index is 0.0169. The SMILES string of the molecule is COc1cc2ncnc(Nc3cccc(Cl)c3F)c2cc1OC1CCN(C(=O)COS(C)(=O)=O)CC1. The third-order valence-electron chi connectivity index (χ3n) is 5.61. The van der Waals surface area contributed by atoms with Crippen molar-refractivity contribution >= 4 is 50.0 Å². The maximum atomic E-state index is 14.4. The molecule has 36 heavy (non-hydrogen) atoms. The molecule has 2 heterocycles. The molecule has 0 unspecified atom stereocenters. The molecule has 1 aliphatic heterocycles. The number of nitrogens with one attached hydrogen (secondary N) is 1. The molecule has 192 valence electrons. The fourth-order valence-corrected chi connectivity index (χ4v) is 4.28. The maximum absolute atomic E-state index is 14.4. The molecule has 0 bridgehead atoms.